The molecular formula is C25H35IN4O2. The maximum atomic E-state index is 12.1. The van der Waals surface area contributed by atoms with E-state index < -0.39 is 0 Å². The second-order valence-corrected chi connectivity index (χ2v) is 8.23. The third-order valence-corrected chi connectivity index (χ3v) is 5.49. The summed E-state index contributed by atoms with van der Waals surface area (Å²) in [6.45, 7) is 9.96. The monoisotopic (exact) mass is 550 g/mol. The highest BCUT2D eigenvalue weighted by molar-refractivity contribution is 14.0. The first-order valence-electron chi connectivity index (χ1n) is 10.9. The first-order valence-corrected chi connectivity index (χ1v) is 10.9. The van der Waals surface area contributed by atoms with Crippen LogP contribution in [0.4, 0.5) is 0 Å². The molecule has 174 valence electrons. The number of benzene rings is 2. The molecule has 1 N–H and O–H groups in total. The molecule has 1 heterocycles. The molecule has 32 heavy (non-hydrogen) atoms. The Hall–Kier alpha value is -2.13. The number of aliphatic imine (C=N–C) groups is 1. The third kappa shape index (κ3) is 6.68. The van der Waals surface area contributed by atoms with Crippen LogP contribution < -0.4 is 5.32 Å². The highest BCUT2D eigenvalue weighted by Gasteiger charge is 2.25. The van der Waals surface area contributed by atoms with Crippen molar-refractivity contribution in [3.8, 4) is 0 Å². The fourth-order valence-electron chi connectivity index (χ4n) is 3.82. The van der Waals surface area contributed by atoms with E-state index in [1.807, 2.05) is 24.3 Å². The SMILES string of the molecule is CCNC(=NCc1ccc(C(=O)N(C)C)cc1)N1CCOC(c2ccc(C)cc2C)C1.I. The topological polar surface area (TPSA) is 57.2 Å². The molecule has 6 nitrogen and oxygen atoms in total. The summed E-state index contributed by atoms with van der Waals surface area (Å²) >= 11 is 0. The van der Waals surface area contributed by atoms with Gasteiger partial charge in [-0.25, -0.2) is 4.99 Å². The number of hydrogen-bond donors (Lipinski definition) is 1. The number of nitrogens with one attached hydrogen (secondary N) is 1. The lowest BCUT2D eigenvalue weighted by atomic mass is 10.00. The molecule has 1 aliphatic heterocycles. The molecule has 0 aliphatic carbocycles. The Kier molecular flexibility index (Phi) is 9.96. The summed E-state index contributed by atoms with van der Waals surface area (Å²) in [6.07, 6.45) is 0.0366. The molecule has 1 atom stereocenters. The first kappa shape index (κ1) is 26.1. The molecule has 0 bridgehead atoms. The van der Waals surface area contributed by atoms with Gasteiger partial charge in [0.05, 0.1) is 19.7 Å². The zero-order chi connectivity index (χ0) is 22.4. The number of nitrogens with zero attached hydrogens (tertiary/aromatic N) is 3. The summed E-state index contributed by atoms with van der Waals surface area (Å²) in [7, 11) is 3.52. The lowest BCUT2D eigenvalue weighted by Gasteiger charge is -2.36. The van der Waals surface area contributed by atoms with Crippen LogP contribution >= 0.6 is 24.0 Å². The molecule has 0 spiro atoms. The number of carbonyl (C=O) groups excluding carboxylic acids is 1. The minimum Gasteiger partial charge on any atom is -0.370 e. The van der Waals surface area contributed by atoms with Gasteiger partial charge >= 0.3 is 0 Å². The maximum Gasteiger partial charge on any atom is 0.253 e. The van der Waals surface area contributed by atoms with E-state index in [1.165, 1.54) is 16.7 Å². The maximum absolute atomic E-state index is 12.1. The smallest absolute Gasteiger partial charge is 0.253 e. The van der Waals surface area contributed by atoms with Gasteiger partial charge in [-0.2, -0.15) is 0 Å². The number of morpholine rings is 1. The second kappa shape index (κ2) is 12.2. The van der Waals surface area contributed by atoms with Gasteiger partial charge < -0.3 is 19.9 Å². The van der Waals surface area contributed by atoms with Crippen LogP contribution in [-0.4, -0.2) is 62.0 Å². The summed E-state index contributed by atoms with van der Waals surface area (Å²) in [4.78, 5) is 20.8. The second-order valence-electron chi connectivity index (χ2n) is 8.23. The summed E-state index contributed by atoms with van der Waals surface area (Å²) in [5, 5.41) is 3.42. The number of carbonyl (C=O) groups is 1. The van der Waals surface area contributed by atoms with E-state index in [2.05, 4.69) is 49.2 Å². The van der Waals surface area contributed by atoms with Crippen LogP contribution in [0.15, 0.2) is 47.5 Å². The average Bonchev–Trinajstić information content (AvgIpc) is 2.76. The van der Waals surface area contributed by atoms with E-state index in [1.54, 1.807) is 19.0 Å². The molecule has 0 saturated carbocycles. The van der Waals surface area contributed by atoms with E-state index in [9.17, 15) is 4.79 Å². The van der Waals surface area contributed by atoms with E-state index in [0.717, 1.165) is 31.2 Å². The van der Waals surface area contributed by atoms with Crippen molar-refractivity contribution in [2.24, 2.45) is 4.99 Å². The van der Waals surface area contributed by atoms with Crippen LogP contribution in [0.25, 0.3) is 0 Å². The van der Waals surface area contributed by atoms with Gasteiger partial charge in [0.25, 0.3) is 5.91 Å². The Balaban J connectivity index is 0.00000363. The van der Waals surface area contributed by atoms with E-state index in [0.29, 0.717) is 18.7 Å². The molecule has 0 aromatic heterocycles. The number of amides is 1. The van der Waals surface area contributed by atoms with Gasteiger partial charge in [-0.3, -0.25) is 4.79 Å². The van der Waals surface area contributed by atoms with Crippen molar-refractivity contribution in [3.05, 3.63) is 70.3 Å². The van der Waals surface area contributed by atoms with Crippen LogP contribution in [0.2, 0.25) is 0 Å². The van der Waals surface area contributed by atoms with Gasteiger partial charge in [0.2, 0.25) is 0 Å². The molecule has 7 heteroatoms. The fourth-order valence-corrected chi connectivity index (χ4v) is 3.82. The molecule has 2 aromatic rings. The van der Waals surface area contributed by atoms with Crippen LogP contribution in [0.3, 0.4) is 0 Å². The van der Waals surface area contributed by atoms with Crippen molar-refractivity contribution >= 4 is 35.8 Å². The molecule has 1 amide bonds. The molecule has 1 unspecified atom stereocenters. The largest absolute Gasteiger partial charge is 0.370 e. The molecule has 0 radical (unpaired) electrons. The number of guanidine groups is 1. The number of hydrogen-bond acceptors (Lipinski definition) is 3. The lowest BCUT2D eigenvalue weighted by molar-refractivity contribution is -0.00834. The summed E-state index contributed by atoms with van der Waals surface area (Å²) < 4.78 is 6.10. The Bertz CT molecular complexity index is 928. The Morgan fingerprint density at radius 3 is 2.53 bits per heavy atom. The average molecular weight is 550 g/mol. The van der Waals surface area contributed by atoms with E-state index in [4.69, 9.17) is 9.73 Å². The van der Waals surface area contributed by atoms with E-state index in [-0.39, 0.29) is 36.0 Å². The zero-order valence-corrected chi connectivity index (χ0v) is 22.1. The van der Waals surface area contributed by atoms with Crippen molar-refractivity contribution in [2.45, 2.75) is 33.4 Å². The first-order chi connectivity index (χ1) is 14.9. The molecule has 1 fully saturated rings. The summed E-state index contributed by atoms with van der Waals surface area (Å²) in [5.74, 6) is 0.906. The predicted molar refractivity (Wildman–Crippen MR) is 141 cm³/mol. The number of rotatable bonds is 5. The Labute approximate surface area is 209 Å². The highest BCUT2D eigenvalue weighted by atomic mass is 127. The standard InChI is InChI=1S/C25H34N4O2.HI/c1-6-26-25(27-16-20-8-10-21(11-9-20)24(30)28(4)5)29-13-14-31-23(17-29)22-12-7-18(2)15-19(22)3;/h7-12,15,23H,6,13-14,16-17H2,1-5H3,(H,26,27);1H. The quantitative estimate of drug-likeness (QED) is 0.345. The van der Waals surface area contributed by atoms with Gasteiger partial charge in [-0.05, 0) is 49.6 Å². The summed E-state index contributed by atoms with van der Waals surface area (Å²) in [6, 6.07) is 14.2. The van der Waals surface area contributed by atoms with Gasteiger partial charge in [0.15, 0.2) is 5.96 Å². The Morgan fingerprint density at radius 1 is 1.19 bits per heavy atom. The van der Waals surface area contributed by atoms with Gasteiger partial charge in [-0.1, -0.05) is 35.9 Å². The molecule has 1 aliphatic rings. The van der Waals surface area contributed by atoms with Crippen LogP contribution in [-0.2, 0) is 11.3 Å². The van der Waals surface area contributed by atoms with Crippen molar-refractivity contribution in [2.75, 3.05) is 40.3 Å². The Morgan fingerprint density at radius 2 is 1.91 bits per heavy atom. The van der Waals surface area contributed by atoms with Crippen molar-refractivity contribution < 1.29 is 9.53 Å². The molecule has 1 saturated heterocycles. The van der Waals surface area contributed by atoms with Crippen LogP contribution in [0.5, 0.6) is 0 Å². The zero-order valence-electron chi connectivity index (χ0n) is 19.7. The van der Waals surface area contributed by atoms with Crippen LogP contribution in [0.1, 0.15) is 45.6 Å². The van der Waals surface area contributed by atoms with Gasteiger partial charge in [0, 0.05) is 32.7 Å². The third-order valence-electron chi connectivity index (χ3n) is 5.49. The minimum absolute atomic E-state index is 0. The number of aryl methyl sites for hydroxylation is 2. The fraction of sp³-hybridized carbons (Fsp3) is 0.440. The predicted octanol–water partition coefficient (Wildman–Crippen LogP) is 4.16. The lowest BCUT2D eigenvalue weighted by Crippen LogP contribution is -2.48. The normalized spacial score (nSPS) is 16.3. The summed E-state index contributed by atoms with van der Waals surface area (Å²) in [5.41, 5.74) is 5.54. The van der Waals surface area contributed by atoms with Crippen LogP contribution in [0, 0.1) is 13.8 Å². The number of halogens is 1. The van der Waals surface area contributed by atoms with Crippen molar-refractivity contribution in [3.63, 3.8) is 0 Å². The molecule has 2 aromatic carbocycles. The van der Waals surface area contributed by atoms with E-state index >= 15 is 0 Å². The van der Waals surface area contributed by atoms with Crippen molar-refractivity contribution in [1.82, 2.24) is 15.1 Å². The minimum atomic E-state index is 0. The number of ether oxygens (including phenoxy) is 1. The van der Waals surface area contributed by atoms with Gasteiger partial charge in [0.1, 0.15) is 6.10 Å². The highest BCUT2D eigenvalue weighted by Crippen LogP contribution is 2.26. The van der Waals surface area contributed by atoms with Gasteiger partial charge in [-0.15, -0.1) is 24.0 Å². The van der Waals surface area contributed by atoms with Crippen molar-refractivity contribution in [1.29, 1.82) is 0 Å². The molecule has 3 rings (SSSR count). The molecular weight excluding hydrogens is 515 g/mol.